The topological polar surface area (TPSA) is 23.5 Å². The molecular formula is C15H33NO. The maximum absolute atomic E-state index is 9.89. The van der Waals surface area contributed by atoms with Crippen molar-refractivity contribution in [2.24, 2.45) is 5.41 Å². The third-order valence-electron chi connectivity index (χ3n) is 3.37. The molecule has 0 rings (SSSR count). The van der Waals surface area contributed by atoms with Crippen molar-refractivity contribution in [3.63, 3.8) is 0 Å². The molecule has 2 nitrogen and oxygen atoms in total. The molecule has 1 atom stereocenters. The summed E-state index contributed by atoms with van der Waals surface area (Å²) in [6.45, 7) is 14.6. The highest BCUT2D eigenvalue weighted by Gasteiger charge is 2.11. The normalized spacial score (nSPS) is 14.3. The van der Waals surface area contributed by atoms with Gasteiger partial charge in [-0.05, 0) is 50.7 Å². The van der Waals surface area contributed by atoms with Crippen LogP contribution in [0.1, 0.15) is 66.7 Å². The van der Waals surface area contributed by atoms with Crippen molar-refractivity contribution in [1.29, 1.82) is 0 Å². The van der Waals surface area contributed by atoms with E-state index in [4.69, 9.17) is 0 Å². The van der Waals surface area contributed by atoms with E-state index in [2.05, 4.69) is 39.5 Å². The van der Waals surface area contributed by atoms with Crippen molar-refractivity contribution in [2.75, 3.05) is 19.6 Å². The lowest BCUT2D eigenvalue weighted by Gasteiger charge is -2.20. The van der Waals surface area contributed by atoms with Crippen LogP contribution in [0.4, 0.5) is 0 Å². The second-order valence-electron chi connectivity index (χ2n) is 6.28. The highest BCUT2D eigenvalue weighted by molar-refractivity contribution is 4.64. The lowest BCUT2D eigenvalue weighted by Crippen LogP contribution is -2.24. The van der Waals surface area contributed by atoms with E-state index in [1.807, 2.05) is 0 Å². The zero-order valence-corrected chi connectivity index (χ0v) is 12.6. The monoisotopic (exact) mass is 243 g/mol. The number of aliphatic hydroxyl groups is 1. The molecule has 0 aliphatic rings. The molecule has 0 saturated carbocycles. The molecule has 0 aromatic heterocycles. The number of hydrogen-bond acceptors (Lipinski definition) is 2. The summed E-state index contributed by atoms with van der Waals surface area (Å²) in [4.78, 5) is 2.42. The second-order valence-corrected chi connectivity index (χ2v) is 6.28. The lowest BCUT2D eigenvalue weighted by molar-refractivity contribution is 0.138. The number of hydrogen-bond donors (Lipinski definition) is 1. The van der Waals surface area contributed by atoms with Gasteiger partial charge in [0.1, 0.15) is 0 Å². The predicted octanol–water partition coefficient (Wildman–Crippen LogP) is 3.69. The summed E-state index contributed by atoms with van der Waals surface area (Å²) >= 11 is 0. The minimum Gasteiger partial charge on any atom is -0.393 e. The first-order valence-corrected chi connectivity index (χ1v) is 7.29. The third-order valence-corrected chi connectivity index (χ3v) is 3.37. The molecule has 0 spiro atoms. The van der Waals surface area contributed by atoms with Gasteiger partial charge in [-0.1, -0.05) is 41.0 Å². The fourth-order valence-electron chi connectivity index (χ4n) is 2.10. The lowest BCUT2D eigenvalue weighted by atomic mass is 9.89. The van der Waals surface area contributed by atoms with E-state index in [9.17, 15) is 5.11 Å². The Morgan fingerprint density at radius 2 is 1.53 bits per heavy atom. The van der Waals surface area contributed by atoms with Gasteiger partial charge >= 0.3 is 0 Å². The molecule has 104 valence electrons. The summed E-state index contributed by atoms with van der Waals surface area (Å²) in [5.74, 6) is 0. The molecule has 0 aromatic rings. The Balaban J connectivity index is 3.49. The van der Waals surface area contributed by atoms with Gasteiger partial charge < -0.3 is 10.0 Å². The summed E-state index contributed by atoms with van der Waals surface area (Å²) in [6, 6.07) is 0. The molecule has 0 aliphatic carbocycles. The summed E-state index contributed by atoms with van der Waals surface area (Å²) in [6.07, 6.45) is 5.32. The van der Waals surface area contributed by atoms with Crippen molar-refractivity contribution < 1.29 is 5.11 Å². The third kappa shape index (κ3) is 10.8. The Kier molecular flexibility index (Phi) is 8.89. The molecule has 2 heteroatoms. The van der Waals surface area contributed by atoms with Crippen LogP contribution in [0.25, 0.3) is 0 Å². The quantitative estimate of drug-likeness (QED) is 0.667. The first-order valence-electron chi connectivity index (χ1n) is 7.29. The Morgan fingerprint density at radius 3 is 2.00 bits per heavy atom. The Bertz CT molecular complexity index is 170. The maximum Gasteiger partial charge on any atom is 0.0540 e. The number of aliphatic hydroxyl groups excluding tert-OH is 1. The van der Waals surface area contributed by atoms with E-state index >= 15 is 0 Å². The molecule has 0 aliphatic heterocycles. The standard InChI is InChI=1S/C15H33NO/c1-6-16(7-2)13-9-11-14(17)10-8-12-15(3,4)5/h14,17H,6-13H2,1-5H3/t14-/m1/s1. The van der Waals surface area contributed by atoms with Crippen LogP contribution in [0, 0.1) is 5.41 Å². The zero-order valence-electron chi connectivity index (χ0n) is 12.6. The van der Waals surface area contributed by atoms with Crippen LogP contribution in [0.2, 0.25) is 0 Å². The molecule has 0 amide bonds. The molecule has 0 heterocycles. The van der Waals surface area contributed by atoms with Crippen LogP contribution in [0.3, 0.4) is 0 Å². The van der Waals surface area contributed by atoms with E-state index < -0.39 is 0 Å². The smallest absolute Gasteiger partial charge is 0.0540 e. The first-order chi connectivity index (χ1) is 7.89. The largest absolute Gasteiger partial charge is 0.393 e. The highest BCUT2D eigenvalue weighted by atomic mass is 16.3. The van der Waals surface area contributed by atoms with Crippen LogP contribution < -0.4 is 0 Å². The van der Waals surface area contributed by atoms with Gasteiger partial charge in [-0.15, -0.1) is 0 Å². The SMILES string of the molecule is CCN(CC)CCC[C@H](O)CCCC(C)(C)C. The van der Waals surface area contributed by atoms with Gasteiger partial charge in [0.05, 0.1) is 6.10 Å². The fourth-order valence-corrected chi connectivity index (χ4v) is 2.10. The Morgan fingerprint density at radius 1 is 1.00 bits per heavy atom. The van der Waals surface area contributed by atoms with Crippen molar-refractivity contribution in [1.82, 2.24) is 4.90 Å². The number of nitrogens with zero attached hydrogens (tertiary/aromatic N) is 1. The summed E-state index contributed by atoms with van der Waals surface area (Å²) in [5.41, 5.74) is 0.404. The highest BCUT2D eigenvalue weighted by Crippen LogP contribution is 2.22. The maximum atomic E-state index is 9.89. The van der Waals surface area contributed by atoms with Gasteiger partial charge in [-0.3, -0.25) is 0 Å². The molecule has 0 aromatic carbocycles. The molecule has 0 fully saturated rings. The Hall–Kier alpha value is -0.0800. The van der Waals surface area contributed by atoms with Crippen molar-refractivity contribution in [2.45, 2.75) is 72.8 Å². The molecule has 0 bridgehead atoms. The summed E-state index contributed by atoms with van der Waals surface area (Å²) in [5, 5.41) is 9.89. The van der Waals surface area contributed by atoms with Crippen LogP contribution in [-0.4, -0.2) is 35.7 Å². The molecule has 17 heavy (non-hydrogen) atoms. The molecular weight excluding hydrogens is 210 g/mol. The van der Waals surface area contributed by atoms with E-state index in [0.717, 1.165) is 45.3 Å². The van der Waals surface area contributed by atoms with Crippen LogP contribution in [-0.2, 0) is 0 Å². The summed E-state index contributed by atoms with van der Waals surface area (Å²) in [7, 11) is 0. The Labute approximate surface area is 108 Å². The summed E-state index contributed by atoms with van der Waals surface area (Å²) < 4.78 is 0. The predicted molar refractivity (Wildman–Crippen MR) is 76.3 cm³/mol. The van der Waals surface area contributed by atoms with Crippen LogP contribution >= 0.6 is 0 Å². The first kappa shape index (κ1) is 16.9. The van der Waals surface area contributed by atoms with Crippen LogP contribution in [0.15, 0.2) is 0 Å². The fraction of sp³-hybridized carbons (Fsp3) is 1.00. The van der Waals surface area contributed by atoms with E-state index in [0.29, 0.717) is 5.41 Å². The van der Waals surface area contributed by atoms with Gasteiger partial charge in [0.25, 0.3) is 0 Å². The minimum atomic E-state index is -0.0899. The van der Waals surface area contributed by atoms with Crippen molar-refractivity contribution in [3.05, 3.63) is 0 Å². The van der Waals surface area contributed by atoms with Gasteiger partial charge in [0, 0.05) is 0 Å². The van der Waals surface area contributed by atoms with E-state index in [1.165, 1.54) is 6.42 Å². The number of rotatable bonds is 9. The average Bonchev–Trinajstić information content (AvgIpc) is 2.22. The zero-order chi connectivity index (χ0) is 13.3. The molecule has 1 N–H and O–H groups in total. The molecule has 0 saturated heterocycles. The van der Waals surface area contributed by atoms with Gasteiger partial charge in [0.2, 0.25) is 0 Å². The van der Waals surface area contributed by atoms with E-state index in [-0.39, 0.29) is 6.10 Å². The van der Waals surface area contributed by atoms with Gasteiger partial charge in [-0.25, -0.2) is 0 Å². The minimum absolute atomic E-state index is 0.0899. The van der Waals surface area contributed by atoms with Gasteiger partial charge in [0.15, 0.2) is 0 Å². The van der Waals surface area contributed by atoms with Crippen molar-refractivity contribution in [3.8, 4) is 0 Å². The average molecular weight is 243 g/mol. The van der Waals surface area contributed by atoms with Crippen LogP contribution in [0.5, 0.6) is 0 Å². The van der Waals surface area contributed by atoms with Crippen molar-refractivity contribution >= 4 is 0 Å². The molecule has 0 unspecified atom stereocenters. The van der Waals surface area contributed by atoms with E-state index in [1.54, 1.807) is 0 Å². The second kappa shape index (κ2) is 8.93. The molecule has 0 radical (unpaired) electrons. The van der Waals surface area contributed by atoms with Gasteiger partial charge in [-0.2, -0.15) is 0 Å².